The maximum Gasteiger partial charge on any atom is 0.233 e. The van der Waals surface area contributed by atoms with Crippen LogP contribution >= 0.6 is 0 Å². The zero-order valence-electron chi connectivity index (χ0n) is 17.1. The number of pyridine rings is 1. The van der Waals surface area contributed by atoms with Crippen LogP contribution in [-0.4, -0.2) is 65.1 Å². The summed E-state index contributed by atoms with van der Waals surface area (Å²) < 4.78 is 46.1. The number of anilines is 3. The third-order valence-electron chi connectivity index (χ3n) is 5.59. The van der Waals surface area contributed by atoms with Crippen LogP contribution in [0, 0.1) is 5.82 Å². The van der Waals surface area contributed by atoms with Crippen molar-refractivity contribution in [2.45, 2.75) is 18.9 Å². The van der Waals surface area contributed by atoms with Crippen molar-refractivity contribution >= 4 is 27.2 Å². The van der Waals surface area contributed by atoms with Gasteiger partial charge in [0.2, 0.25) is 10.0 Å². The summed E-state index contributed by atoms with van der Waals surface area (Å²) in [5, 5.41) is 0. The molecule has 0 spiro atoms. The van der Waals surface area contributed by atoms with Gasteiger partial charge in [-0.25, -0.2) is 22.1 Å². The van der Waals surface area contributed by atoms with E-state index in [2.05, 4.69) is 9.88 Å². The minimum absolute atomic E-state index is 0.274. The van der Waals surface area contributed by atoms with Gasteiger partial charge in [-0.1, -0.05) is 6.07 Å². The standard InChI is InChI=1S/C21H27FN4O3S/c1-30(27,28)26(21-15-19(7-8-23-21)24-10-12-29-13-11-24)20-6-3-9-25(16-20)18-5-2-4-17(22)14-18/h2,4-5,7-8,14-15,20H,3,6,9-13,16H2,1H3/t20-/m1/s1. The van der Waals surface area contributed by atoms with Crippen molar-refractivity contribution < 1.29 is 17.5 Å². The number of halogens is 1. The summed E-state index contributed by atoms with van der Waals surface area (Å²) in [4.78, 5) is 8.62. The third kappa shape index (κ3) is 4.67. The molecule has 0 unspecified atom stereocenters. The molecule has 1 atom stereocenters. The lowest BCUT2D eigenvalue weighted by atomic mass is 10.0. The van der Waals surface area contributed by atoms with Gasteiger partial charge in [-0.3, -0.25) is 0 Å². The van der Waals surface area contributed by atoms with E-state index >= 15 is 0 Å². The molecule has 0 N–H and O–H groups in total. The average molecular weight is 435 g/mol. The Bertz CT molecular complexity index is 982. The smallest absolute Gasteiger partial charge is 0.233 e. The van der Waals surface area contributed by atoms with Crippen molar-refractivity contribution in [2.24, 2.45) is 0 Å². The van der Waals surface area contributed by atoms with Crippen LogP contribution in [0.2, 0.25) is 0 Å². The molecule has 9 heteroatoms. The molecule has 2 fully saturated rings. The van der Waals surface area contributed by atoms with Gasteiger partial charge in [-0.05, 0) is 37.1 Å². The molecule has 0 radical (unpaired) electrons. The average Bonchev–Trinajstić information content (AvgIpc) is 2.74. The van der Waals surface area contributed by atoms with Crippen LogP contribution < -0.4 is 14.1 Å². The lowest BCUT2D eigenvalue weighted by Crippen LogP contribution is -2.50. The van der Waals surface area contributed by atoms with E-state index in [1.807, 2.05) is 23.1 Å². The molecule has 2 saturated heterocycles. The molecule has 0 saturated carbocycles. The molecule has 30 heavy (non-hydrogen) atoms. The first-order valence-corrected chi connectivity index (χ1v) is 12.1. The van der Waals surface area contributed by atoms with Gasteiger partial charge in [0.05, 0.1) is 25.5 Å². The van der Waals surface area contributed by atoms with E-state index < -0.39 is 10.0 Å². The maximum atomic E-state index is 13.7. The van der Waals surface area contributed by atoms with E-state index in [1.54, 1.807) is 12.3 Å². The van der Waals surface area contributed by atoms with Crippen LogP contribution in [0.1, 0.15) is 12.8 Å². The summed E-state index contributed by atoms with van der Waals surface area (Å²) in [6.07, 6.45) is 4.42. The largest absolute Gasteiger partial charge is 0.378 e. The number of rotatable bonds is 5. The second kappa shape index (κ2) is 8.77. The number of morpholine rings is 1. The molecule has 3 heterocycles. The van der Waals surface area contributed by atoms with Crippen LogP contribution in [0.3, 0.4) is 0 Å². The van der Waals surface area contributed by atoms with E-state index in [0.29, 0.717) is 25.6 Å². The summed E-state index contributed by atoms with van der Waals surface area (Å²) in [6.45, 7) is 4.08. The van der Waals surface area contributed by atoms with Crippen molar-refractivity contribution in [2.75, 3.05) is 59.8 Å². The van der Waals surface area contributed by atoms with Gasteiger partial charge in [-0.2, -0.15) is 0 Å². The van der Waals surface area contributed by atoms with E-state index in [9.17, 15) is 12.8 Å². The highest BCUT2D eigenvalue weighted by atomic mass is 32.2. The van der Waals surface area contributed by atoms with Crippen molar-refractivity contribution in [1.29, 1.82) is 0 Å². The number of aromatic nitrogens is 1. The number of benzene rings is 1. The van der Waals surface area contributed by atoms with Gasteiger partial charge in [0, 0.05) is 49.8 Å². The Balaban J connectivity index is 1.61. The monoisotopic (exact) mass is 434 g/mol. The fraction of sp³-hybridized carbons (Fsp3) is 0.476. The molecular weight excluding hydrogens is 407 g/mol. The van der Waals surface area contributed by atoms with Crippen LogP contribution in [-0.2, 0) is 14.8 Å². The highest BCUT2D eigenvalue weighted by molar-refractivity contribution is 7.92. The number of sulfonamides is 1. The lowest BCUT2D eigenvalue weighted by molar-refractivity contribution is 0.122. The molecule has 0 amide bonds. The molecule has 162 valence electrons. The van der Waals surface area contributed by atoms with E-state index in [-0.39, 0.29) is 11.9 Å². The SMILES string of the molecule is CS(=O)(=O)N(c1cc(N2CCOCC2)ccn1)[C@@H]1CCCN(c2cccc(F)c2)C1. The molecule has 1 aromatic heterocycles. The Kier molecular flexibility index (Phi) is 6.10. The molecule has 1 aromatic carbocycles. The van der Waals surface area contributed by atoms with Crippen LogP contribution in [0.4, 0.5) is 21.6 Å². The number of hydrogen-bond donors (Lipinski definition) is 0. The normalized spacial score (nSPS) is 20.3. The maximum absolute atomic E-state index is 13.7. The van der Waals surface area contributed by atoms with Gasteiger partial charge in [0.25, 0.3) is 0 Å². The minimum Gasteiger partial charge on any atom is -0.378 e. The molecule has 7 nitrogen and oxygen atoms in total. The number of piperidine rings is 1. The molecule has 0 bridgehead atoms. The van der Waals surface area contributed by atoms with Crippen LogP contribution in [0.5, 0.6) is 0 Å². The summed E-state index contributed by atoms with van der Waals surface area (Å²) in [5.74, 6) is 0.127. The van der Waals surface area contributed by atoms with Gasteiger partial charge < -0.3 is 14.5 Å². The molecule has 2 aromatic rings. The first-order valence-electron chi connectivity index (χ1n) is 10.2. The molecular formula is C21H27FN4O3S. The van der Waals surface area contributed by atoms with Crippen LogP contribution in [0.25, 0.3) is 0 Å². The van der Waals surface area contributed by atoms with Crippen molar-refractivity contribution in [3.63, 3.8) is 0 Å². The van der Waals surface area contributed by atoms with Gasteiger partial charge >= 0.3 is 0 Å². The number of hydrogen-bond acceptors (Lipinski definition) is 6. The van der Waals surface area contributed by atoms with Crippen molar-refractivity contribution in [3.05, 3.63) is 48.4 Å². The first-order chi connectivity index (χ1) is 14.4. The fourth-order valence-corrected chi connectivity index (χ4v) is 5.38. The lowest BCUT2D eigenvalue weighted by Gasteiger charge is -2.40. The van der Waals surface area contributed by atoms with Crippen molar-refractivity contribution in [3.8, 4) is 0 Å². The number of nitrogens with zero attached hydrogens (tertiary/aromatic N) is 4. The summed E-state index contributed by atoms with van der Waals surface area (Å²) >= 11 is 0. The fourth-order valence-electron chi connectivity index (χ4n) is 4.23. The zero-order chi connectivity index (χ0) is 21.1. The minimum atomic E-state index is -3.55. The van der Waals surface area contributed by atoms with Gasteiger partial charge in [0.15, 0.2) is 0 Å². The Labute approximate surface area is 177 Å². The van der Waals surface area contributed by atoms with Crippen LogP contribution in [0.15, 0.2) is 42.6 Å². The third-order valence-corrected chi connectivity index (χ3v) is 6.79. The predicted octanol–water partition coefficient (Wildman–Crippen LogP) is 2.49. The highest BCUT2D eigenvalue weighted by Gasteiger charge is 2.32. The molecule has 2 aliphatic heterocycles. The Morgan fingerprint density at radius 1 is 1.10 bits per heavy atom. The highest BCUT2D eigenvalue weighted by Crippen LogP contribution is 2.29. The molecule has 4 rings (SSSR count). The molecule has 0 aliphatic carbocycles. The summed E-state index contributed by atoms with van der Waals surface area (Å²) in [7, 11) is -3.55. The Hall–Kier alpha value is -2.39. The first kappa shape index (κ1) is 20.9. The summed E-state index contributed by atoms with van der Waals surface area (Å²) in [6, 6.07) is 9.90. The quantitative estimate of drug-likeness (QED) is 0.721. The van der Waals surface area contributed by atoms with E-state index in [1.165, 1.54) is 22.7 Å². The predicted molar refractivity (Wildman–Crippen MR) is 116 cm³/mol. The van der Waals surface area contributed by atoms with E-state index in [0.717, 1.165) is 43.9 Å². The van der Waals surface area contributed by atoms with Gasteiger partial charge in [0.1, 0.15) is 11.6 Å². The Morgan fingerprint density at radius 2 is 1.87 bits per heavy atom. The molecule has 2 aliphatic rings. The second-order valence-electron chi connectivity index (χ2n) is 7.75. The van der Waals surface area contributed by atoms with Crippen molar-refractivity contribution in [1.82, 2.24) is 4.98 Å². The topological polar surface area (TPSA) is 66.0 Å². The Morgan fingerprint density at radius 3 is 2.60 bits per heavy atom. The van der Waals surface area contributed by atoms with Gasteiger partial charge in [-0.15, -0.1) is 0 Å². The zero-order valence-corrected chi connectivity index (χ0v) is 17.9. The van der Waals surface area contributed by atoms with E-state index in [4.69, 9.17) is 4.74 Å². The second-order valence-corrected chi connectivity index (χ2v) is 9.61. The number of ether oxygens (including phenoxy) is 1. The summed E-state index contributed by atoms with van der Waals surface area (Å²) in [5.41, 5.74) is 1.71.